The Morgan fingerprint density at radius 3 is 2.10 bits per heavy atom. The maximum absolute atomic E-state index is 5.71. The van der Waals surface area contributed by atoms with Crippen LogP contribution in [0.3, 0.4) is 0 Å². The number of nitrogens with one attached hydrogen (secondary N) is 1. The average Bonchev–Trinajstić information content (AvgIpc) is 2.39. The molecule has 0 saturated heterocycles. The third kappa shape index (κ3) is 4.67. The summed E-state index contributed by atoms with van der Waals surface area (Å²) in [5, 5.41) is 3.38. The van der Waals surface area contributed by atoms with Crippen molar-refractivity contribution in [3.8, 4) is 11.5 Å². The summed E-state index contributed by atoms with van der Waals surface area (Å²) in [7, 11) is 2.00. The van der Waals surface area contributed by atoms with Gasteiger partial charge in [-0.2, -0.15) is 0 Å². The lowest BCUT2D eigenvalue weighted by atomic mass is 9.97. The molecule has 1 N–H and O–H groups in total. The molecule has 0 aliphatic rings. The van der Waals surface area contributed by atoms with Crippen LogP contribution in [0.4, 0.5) is 0 Å². The van der Waals surface area contributed by atoms with Crippen molar-refractivity contribution in [2.75, 3.05) is 20.3 Å². The molecule has 1 atom stereocenters. The summed E-state index contributed by atoms with van der Waals surface area (Å²) in [5.41, 5.74) is 1.22. The van der Waals surface area contributed by atoms with Crippen molar-refractivity contribution >= 4 is 15.9 Å². The van der Waals surface area contributed by atoms with Crippen molar-refractivity contribution in [2.24, 2.45) is 5.92 Å². The summed E-state index contributed by atoms with van der Waals surface area (Å²) in [4.78, 5) is 0. The van der Waals surface area contributed by atoms with Gasteiger partial charge >= 0.3 is 0 Å². The highest BCUT2D eigenvalue weighted by Gasteiger charge is 2.18. The normalized spacial score (nSPS) is 12.6. The van der Waals surface area contributed by atoms with Gasteiger partial charge in [-0.15, -0.1) is 0 Å². The molecule has 1 aromatic carbocycles. The second kappa shape index (κ2) is 8.53. The Morgan fingerprint density at radius 2 is 1.65 bits per heavy atom. The van der Waals surface area contributed by atoms with E-state index in [2.05, 4.69) is 41.2 Å². The van der Waals surface area contributed by atoms with E-state index in [1.807, 2.05) is 27.0 Å². The Morgan fingerprint density at radius 1 is 1.10 bits per heavy atom. The third-order valence-electron chi connectivity index (χ3n) is 3.09. The first-order chi connectivity index (χ1) is 9.53. The first-order valence-electron chi connectivity index (χ1n) is 7.29. The molecule has 0 aliphatic heterocycles. The Balaban J connectivity index is 3.15. The molecule has 0 aliphatic carbocycles. The Bertz CT molecular complexity index is 421. The van der Waals surface area contributed by atoms with Crippen LogP contribution in [0.15, 0.2) is 16.6 Å². The molecule has 1 rings (SSSR count). The summed E-state index contributed by atoms with van der Waals surface area (Å²) in [6, 6.07) is 4.40. The summed E-state index contributed by atoms with van der Waals surface area (Å²) in [6.45, 7) is 9.70. The minimum absolute atomic E-state index is 0.305. The van der Waals surface area contributed by atoms with E-state index in [1.54, 1.807) is 0 Å². The van der Waals surface area contributed by atoms with Gasteiger partial charge in [0.1, 0.15) is 0 Å². The van der Waals surface area contributed by atoms with Gasteiger partial charge in [-0.1, -0.05) is 29.8 Å². The lowest BCUT2D eigenvalue weighted by molar-refractivity contribution is 0.286. The van der Waals surface area contributed by atoms with Crippen molar-refractivity contribution in [1.82, 2.24) is 5.32 Å². The van der Waals surface area contributed by atoms with E-state index in [-0.39, 0.29) is 0 Å². The van der Waals surface area contributed by atoms with E-state index in [0.29, 0.717) is 25.2 Å². The largest absolute Gasteiger partial charge is 0.490 e. The lowest BCUT2D eigenvalue weighted by Gasteiger charge is -2.22. The minimum Gasteiger partial charge on any atom is -0.490 e. The van der Waals surface area contributed by atoms with E-state index in [9.17, 15) is 0 Å². The molecule has 114 valence electrons. The minimum atomic E-state index is 0.305. The topological polar surface area (TPSA) is 30.5 Å². The van der Waals surface area contributed by atoms with Crippen molar-refractivity contribution in [2.45, 2.75) is 40.2 Å². The number of hydrogen-bond acceptors (Lipinski definition) is 3. The van der Waals surface area contributed by atoms with Crippen LogP contribution in [-0.4, -0.2) is 20.3 Å². The van der Waals surface area contributed by atoms with Crippen molar-refractivity contribution in [3.63, 3.8) is 0 Å². The maximum atomic E-state index is 5.71. The number of halogens is 1. The van der Waals surface area contributed by atoms with E-state index >= 15 is 0 Å². The van der Waals surface area contributed by atoms with Gasteiger partial charge in [0.2, 0.25) is 0 Å². The highest BCUT2D eigenvalue weighted by Crippen LogP contribution is 2.38. The van der Waals surface area contributed by atoms with Gasteiger partial charge in [0, 0.05) is 10.5 Å². The van der Waals surface area contributed by atoms with Crippen LogP contribution < -0.4 is 14.8 Å². The zero-order valence-corrected chi connectivity index (χ0v) is 14.7. The fourth-order valence-electron chi connectivity index (χ4n) is 2.23. The molecular formula is C16H26BrNO2. The van der Waals surface area contributed by atoms with Crippen LogP contribution in [0, 0.1) is 5.92 Å². The van der Waals surface area contributed by atoms with Crippen LogP contribution in [0.2, 0.25) is 0 Å². The van der Waals surface area contributed by atoms with Gasteiger partial charge in [0.05, 0.1) is 13.2 Å². The van der Waals surface area contributed by atoms with Gasteiger partial charge in [-0.05, 0) is 50.9 Å². The number of rotatable bonds is 8. The van der Waals surface area contributed by atoms with E-state index in [0.717, 1.165) is 22.4 Å². The van der Waals surface area contributed by atoms with E-state index < -0.39 is 0 Å². The second-order valence-corrected chi connectivity index (χ2v) is 6.01. The molecule has 1 unspecified atom stereocenters. The van der Waals surface area contributed by atoms with Gasteiger partial charge in [-0.25, -0.2) is 0 Å². The van der Waals surface area contributed by atoms with Crippen molar-refractivity contribution < 1.29 is 9.47 Å². The molecule has 4 heteroatoms. The Labute approximate surface area is 131 Å². The Kier molecular flexibility index (Phi) is 7.38. The van der Waals surface area contributed by atoms with E-state index in [1.165, 1.54) is 5.56 Å². The summed E-state index contributed by atoms with van der Waals surface area (Å²) in [5.74, 6) is 2.24. The standard InChI is InChI=1S/C16H26BrNO2/c1-6-19-15-9-12(14(18-5)8-11(3)4)13(17)10-16(15)20-7-2/h9-11,14,18H,6-8H2,1-5H3. The van der Waals surface area contributed by atoms with Crippen LogP contribution in [0.25, 0.3) is 0 Å². The average molecular weight is 344 g/mol. The predicted molar refractivity (Wildman–Crippen MR) is 87.7 cm³/mol. The van der Waals surface area contributed by atoms with Crippen molar-refractivity contribution in [3.05, 3.63) is 22.2 Å². The van der Waals surface area contributed by atoms with Gasteiger partial charge < -0.3 is 14.8 Å². The molecule has 0 radical (unpaired) electrons. The SMILES string of the molecule is CCOc1cc(Br)c(C(CC(C)C)NC)cc1OCC. The molecule has 0 saturated carbocycles. The summed E-state index contributed by atoms with van der Waals surface area (Å²) in [6.07, 6.45) is 1.08. The van der Waals surface area contributed by atoms with Crippen LogP contribution in [-0.2, 0) is 0 Å². The molecule has 0 heterocycles. The fraction of sp³-hybridized carbons (Fsp3) is 0.625. The molecule has 0 aromatic heterocycles. The Hall–Kier alpha value is -0.740. The molecule has 3 nitrogen and oxygen atoms in total. The quantitative estimate of drug-likeness (QED) is 0.750. The highest BCUT2D eigenvalue weighted by molar-refractivity contribution is 9.10. The summed E-state index contributed by atoms with van der Waals surface area (Å²) < 4.78 is 12.4. The van der Waals surface area contributed by atoms with Crippen LogP contribution in [0.5, 0.6) is 11.5 Å². The maximum Gasteiger partial charge on any atom is 0.162 e. The molecule has 1 aromatic rings. The van der Waals surface area contributed by atoms with E-state index in [4.69, 9.17) is 9.47 Å². The van der Waals surface area contributed by atoms with Crippen LogP contribution in [0.1, 0.15) is 45.7 Å². The molecule has 0 spiro atoms. The number of ether oxygens (including phenoxy) is 2. The molecule has 0 amide bonds. The zero-order valence-electron chi connectivity index (χ0n) is 13.1. The fourth-order valence-corrected chi connectivity index (χ4v) is 2.82. The lowest BCUT2D eigenvalue weighted by Crippen LogP contribution is -2.19. The number of hydrogen-bond donors (Lipinski definition) is 1. The second-order valence-electron chi connectivity index (χ2n) is 5.16. The first kappa shape index (κ1) is 17.3. The molecule has 0 bridgehead atoms. The van der Waals surface area contributed by atoms with Gasteiger partial charge in [-0.3, -0.25) is 0 Å². The van der Waals surface area contributed by atoms with Crippen molar-refractivity contribution in [1.29, 1.82) is 0 Å². The monoisotopic (exact) mass is 343 g/mol. The first-order valence-corrected chi connectivity index (χ1v) is 8.09. The zero-order chi connectivity index (χ0) is 15.1. The third-order valence-corrected chi connectivity index (χ3v) is 3.78. The molecule has 20 heavy (non-hydrogen) atoms. The van der Waals surface area contributed by atoms with Crippen LogP contribution >= 0.6 is 15.9 Å². The highest BCUT2D eigenvalue weighted by atomic mass is 79.9. The summed E-state index contributed by atoms with van der Waals surface area (Å²) >= 11 is 3.66. The molecule has 0 fully saturated rings. The van der Waals surface area contributed by atoms with Gasteiger partial charge in [0.25, 0.3) is 0 Å². The number of benzene rings is 1. The smallest absolute Gasteiger partial charge is 0.162 e. The molecular weight excluding hydrogens is 318 g/mol. The van der Waals surface area contributed by atoms with Gasteiger partial charge in [0.15, 0.2) is 11.5 Å². The predicted octanol–water partition coefficient (Wildman–Crippen LogP) is 4.55.